The van der Waals surface area contributed by atoms with Gasteiger partial charge in [0.2, 0.25) is 0 Å². The van der Waals surface area contributed by atoms with E-state index in [2.05, 4.69) is 23.9 Å². The molecule has 0 saturated carbocycles. The van der Waals surface area contributed by atoms with Gasteiger partial charge in [-0.15, -0.1) is 0 Å². The number of hydrogen-bond acceptors (Lipinski definition) is 3. The van der Waals surface area contributed by atoms with Gasteiger partial charge in [-0.3, -0.25) is 4.79 Å². The molecule has 0 bridgehead atoms. The molecule has 1 atom stereocenters. The molecule has 4 nitrogen and oxygen atoms in total. The molecule has 1 saturated heterocycles. The molecule has 0 aromatic carbocycles. The Balaban J connectivity index is 2.20. The molecule has 0 radical (unpaired) electrons. The second kappa shape index (κ2) is 6.86. The third kappa shape index (κ3) is 4.94. The van der Waals surface area contributed by atoms with E-state index in [4.69, 9.17) is 5.11 Å². The zero-order valence-electron chi connectivity index (χ0n) is 10.5. The van der Waals surface area contributed by atoms with E-state index in [0.29, 0.717) is 12.5 Å². The van der Waals surface area contributed by atoms with Crippen molar-refractivity contribution in [3.63, 3.8) is 0 Å². The van der Waals surface area contributed by atoms with Crippen LogP contribution >= 0.6 is 0 Å². The molecule has 1 fully saturated rings. The monoisotopic (exact) mass is 228 g/mol. The summed E-state index contributed by atoms with van der Waals surface area (Å²) in [6, 6.07) is 0.512. The number of rotatable bonds is 7. The van der Waals surface area contributed by atoms with Crippen molar-refractivity contribution >= 4 is 5.97 Å². The van der Waals surface area contributed by atoms with Gasteiger partial charge in [-0.25, -0.2) is 0 Å². The third-order valence-corrected chi connectivity index (χ3v) is 3.24. The van der Waals surface area contributed by atoms with Gasteiger partial charge in [-0.2, -0.15) is 0 Å². The number of likely N-dealkylation sites (tertiary alicyclic amines) is 1. The first-order chi connectivity index (χ1) is 7.59. The van der Waals surface area contributed by atoms with E-state index < -0.39 is 5.97 Å². The average Bonchev–Trinajstić information content (AvgIpc) is 2.62. The lowest BCUT2D eigenvalue weighted by Crippen LogP contribution is -2.32. The van der Waals surface area contributed by atoms with Crippen molar-refractivity contribution in [1.29, 1.82) is 0 Å². The fourth-order valence-corrected chi connectivity index (χ4v) is 2.40. The molecule has 1 aliphatic heterocycles. The maximum Gasteiger partial charge on any atom is 0.303 e. The van der Waals surface area contributed by atoms with Crippen LogP contribution in [-0.2, 0) is 4.79 Å². The average molecular weight is 228 g/mol. The zero-order valence-corrected chi connectivity index (χ0v) is 10.5. The predicted molar refractivity (Wildman–Crippen MR) is 64.6 cm³/mol. The van der Waals surface area contributed by atoms with Gasteiger partial charge in [0.15, 0.2) is 0 Å². The van der Waals surface area contributed by atoms with Crippen molar-refractivity contribution < 1.29 is 9.90 Å². The lowest BCUT2D eigenvalue weighted by molar-refractivity contribution is -0.137. The largest absolute Gasteiger partial charge is 0.481 e. The summed E-state index contributed by atoms with van der Waals surface area (Å²) in [6.07, 6.45) is 4.71. The second-order valence-corrected chi connectivity index (χ2v) is 4.92. The van der Waals surface area contributed by atoms with E-state index in [9.17, 15) is 4.79 Å². The van der Waals surface area contributed by atoms with Gasteiger partial charge in [0.1, 0.15) is 0 Å². The van der Waals surface area contributed by atoms with Gasteiger partial charge in [-0.1, -0.05) is 0 Å². The summed E-state index contributed by atoms with van der Waals surface area (Å²) in [5, 5.41) is 8.68. The van der Waals surface area contributed by atoms with Crippen LogP contribution in [0.3, 0.4) is 0 Å². The number of aliphatic carboxylic acids is 1. The van der Waals surface area contributed by atoms with Crippen LogP contribution in [-0.4, -0.2) is 60.6 Å². The van der Waals surface area contributed by atoms with Crippen LogP contribution in [0.15, 0.2) is 0 Å². The molecule has 1 heterocycles. The number of carboxylic acids is 1. The van der Waals surface area contributed by atoms with Crippen LogP contribution in [0.1, 0.15) is 32.1 Å². The van der Waals surface area contributed by atoms with Crippen molar-refractivity contribution in [2.75, 3.05) is 33.7 Å². The number of nitrogens with zero attached hydrogens (tertiary/aromatic N) is 2. The van der Waals surface area contributed by atoms with Crippen LogP contribution in [0.2, 0.25) is 0 Å². The molecular weight excluding hydrogens is 204 g/mol. The summed E-state index contributed by atoms with van der Waals surface area (Å²) in [7, 11) is 4.18. The standard InChI is InChI=1S/C12H24N2O2/c1-13(2)8-4-10-14-9-3-5-11(14)6-7-12(15)16/h11H,3-10H2,1-2H3,(H,15,16). The molecule has 1 rings (SSSR count). The van der Waals surface area contributed by atoms with Crippen molar-refractivity contribution in [2.45, 2.75) is 38.1 Å². The molecule has 0 spiro atoms. The molecule has 1 aliphatic rings. The summed E-state index contributed by atoms with van der Waals surface area (Å²) >= 11 is 0. The lowest BCUT2D eigenvalue weighted by atomic mass is 10.1. The highest BCUT2D eigenvalue weighted by Crippen LogP contribution is 2.21. The van der Waals surface area contributed by atoms with Crippen LogP contribution in [0, 0.1) is 0 Å². The summed E-state index contributed by atoms with van der Waals surface area (Å²) in [5.74, 6) is -0.667. The fraction of sp³-hybridized carbons (Fsp3) is 0.917. The van der Waals surface area contributed by atoms with Gasteiger partial charge in [0.05, 0.1) is 0 Å². The summed E-state index contributed by atoms with van der Waals surface area (Å²) in [6.45, 7) is 3.38. The van der Waals surface area contributed by atoms with Crippen molar-refractivity contribution in [2.24, 2.45) is 0 Å². The van der Waals surface area contributed by atoms with E-state index in [0.717, 1.165) is 26.1 Å². The topological polar surface area (TPSA) is 43.8 Å². The highest BCUT2D eigenvalue weighted by atomic mass is 16.4. The minimum atomic E-state index is -0.667. The Morgan fingerprint density at radius 3 is 2.88 bits per heavy atom. The number of hydrogen-bond donors (Lipinski definition) is 1. The van der Waals surface area contributed by atoms with Crippen LogP contribution < -0.4 is 0 Å². The van der Waals surface area contributed by atoms with Crippen molar-refractivity contribution in [3.05, 3.63) is 0 Å². The van der Waals surface area contributed by atoms with E-state index in [1.54, 1.807) is 0 Å². The van der Waals surface area contributed by atoms with Gasteiger partial charge in [0.25, 0.3) is 0 Å². The maximum absolute atomic E-state index is 10.5. The second-order valence-electron chi connectivity index (χ2n) is 4.92. The lowest BCUT2D eigenvalue weighted by Gasteiger charge is -2.24. The molecule has 0 aromatic rings. The third-order valence-electron chi connectivity index (χ3n) is 3.24. The summed E-state index contributed by atoms with van der Waals surface area (Å²) in [5.41, 5.74) is 0. The highest BCUT2D eigenvalue weighted by molar-refractivity contribution is 5.66. The Morgan fingerprint density at radius 2 is 2.25 bits per heavy atom. The molecule has 0 aliphatic carbocycles. The summed E-state index contributed by atoms with van der Waals surface area (Å²) < 4.78 is 0. The first kappa shape index (κ1) is 13.5. The molecular formula is C12H24N2O2. The van der Waals surface area contributed by atoms with Gasteiger partial charge in [-0.05, 0) is 59.4 Å². The van der Waals surface area contributed by atoms with E-state index in [1.807, 2.05) is 0 Å². The molecule has 0 amide bonds. The van der Waals surface area contributed by atoms with Crippen LogP contribution in [0.4, 0.5) is 0 Å². The molecule has 1 unspecified atom stereocenters. The Bertz CT molecular complexity index is 219. The fourth-order valence-electron chi connectivity index (χ4n) is 2.40. The van der Waals surface area contributed by atoms with E-state index in [1.165, 1.54) is 19.3 Å². The zero-order chi connectivity index (χ0) is 12.0. The number of carboxylic acid groups (broad SMARTS) is 1. The van der Waals surface area contributed by atoms with Gasteiger partial charge >= 0.3 is 5.97 Å². The first-order valence-corrected chi connectivity index (χ1v) is 6.20. The smallest absolute Gasteiger partial charge is 0.303 e. The quantitative estimate of drug-likeness (QED) is 0.712. The molecule has 1 N–H and O–H groups in total. The Kier molecular flexibility index (Phi) is 5.77. The molecule has 4 heteroatoms. The van der Waals surface area contributed by atoms with Crippen LogP contribution in [0.5, 0.6) is 0 Å². The van der Waals surface area contributed by atoms with Gasteiger partial charge < -0.3 is 14.9 Å². The van der Waals surface area contributed by atoms with E-state index >= 15 is 0 Å². The van der Waals surface area contributed by atoms with Crippen molar-refractivity contribution in [3.8, 4) is 0 Å². The first-order valence-electron chi connectivity index (χ1n) is 6.20. The van der Waals surface area contributed by atoms with Crippen LogP contribution in [0.25, 0.3) is 0 Å². The molecule has 0 aromatic heterocycles. The Labute approximate surface area is 98.2 Å². The van der Waals surface area contributed by atoms with Crippen molar-refractivity contribution in [1.82, 2.24) is 9.80 Å². The Hall–Kier alpha value is -0.610. The van der Waals surface area contributed by atoms with Gasteiger partial charge in [0, 0.05) is 12.5 Å². The minimum absolute atomic E-state index is 0.314. The maximum atomic E-state index is 10.5. The normalized spacial score (nSPS) is 21.8. The SMILES string of the molecule is CN(C)CCCN1CCCC1CCC(=O)O. The molecule has 16 heavy (non-hydrogen) atoms. The predicted octanol–water partition coefficient (Wildman–Crippen LogP) is 1.27. The number of carbonyl (C=O) groups is 1. The minimum Gasteiger partial charge on any atom is -0.481 e. The highest BCUT2D eigenvalue weighted by Gasteiger charge is 2.24. The Morgan fingerprint density at radius 1 is 1.50 bits per heavy atom. The summed E-state index contributed by atoms with van der Waals surface area (Å²) in [4.78, 5) is 15.2. The van der Waals surface area contributed by atoms with E-state index in [-0.39, 0.29) is 0 Å². The molecule has 94 valence electrons.